The molecule has 106 valence electrons. The van der Waals surface area contributed by atoms with Crippen LogP contribution in [0.5, 0.6) is 0 Å². The van der Waals surface area contributed by atoms with E-state index in [1.807, 2.05) is 17.8 Å². The van der Waals surface area contributed by atoms with Crippen molar-refractivity contribution in [3.63, 3.8) is 0 Å². The number of para-hydroxylation sites is 1. The van der Waals surface area contributed by atoms with E-state index in [-0.39, 0.29) is 0 Å². The lowest BCUT2D eigenvalue weighted by Crippen LogP contribution is -2.37. The quantitative estimate of drug-likeness (QED) is 0.808. The summed E-state index contributed by atoms with van der Waals surface area (Å²) < 4.78 is 5.37. The summed E-state index contributed by atoms with van der Waals surface area (Å²) in [5.41, 5.74) is 2.36. The molecule has 0 radical (unpaired) electrons. The summed E-state index contributed by atoms with van der Waals surface area (Å²) in [4.78, 5) is 7.24. The summed E-state index contributed by atoms with van der Waals surface area (Å²) in [5.74, 6) is 1.09. The van der Waals surface area contributed by atoms with E-state index in [4.69, 9.17) is 9.72 Å². The van der Waals surface area contributed by atoms with Crippen LogP contribution in [0, 0.1) is 6.92 Å². The Labute approximate surface area is 124 Å². The largest absolute Gasteiger partial charge is 0.379 e. The second kappa shape index (κ2) is 6.57. The van der Waals surface area contributed by atoms with Crippen molar-refractivity contribution in [3.05, 3.63) is 35.9 Å². The molecule has 1 aliphatic rings. The second-order valence-electron chi connectivity index (χ2n) is 5.11. The molecule has 0 spiro atoms. The summed E-state index contributed by atoms with van der Waals surface area (Å²) in [7, 11) is 0. The van der Waals surface area contributed by atoms with Gasteiger partial charge in [-0.3, -0.25) is 4.90 Å². The zero-order valence-electron chi connectivity index (χ0n) is 11.8. The summed E-state index contributed by atoms with van der Waals surface area (Å²) in [5, 5.41) is 2.39. The van der Waals surface area contributed by atoms with Crippen LogP contribution < -0.4 is 0 Å². The van der Waals surface area contributed by atoms with Crippen molar-refractivity contribution in [2.75, 3.05) is 38.6 Å². The molecule has 1 saturated heterocycles. The van der Waals surface area contributed by atoms with E-state index >= 15 is 0 Å². The molecule has 0 bridgehead atoms. The first-order valence-electron chi connectivity index (χ1n) is 7.12. The number of rotatable bonds is 4. The van der Waals surface area contributed by atoms with Gasteiger partial charge in [0.25, 0.3) is 0 Å². The van der Waals surface area contributed by atoms with Gasteiger partial charge in [0.15, 0.2) is 0 Å². The number of benzene rings is 1. The summed E-state index contributed by atoms with van der Waals surface area (Å²) in [6.07, 6.45) is 0. The topological polar surface area (TPSA) is 25.4 Å². The second-order valence-corrected chi connectivity index (χ2v) is 6.19. The Hall–Kier alpha value is -1.10. The molecule has 0 N–H and O–H groups in total. The van der Waals surface area contributed by atoms with Gasteiger partial charge in [0.1, 0.15) is 0 Å². The first kappa shape index (κ1) is 13.9. The van der Waals surface area contributed by atoms with Gasteiger partial charge in [0.2, 0.25) is 0 Å². The minimum absolute atomic E-state index is 0.873. The fourth-order valence-corrected chi connectivity index (χ4v) is 3.44. The number of ether oxygens (including phenoxy) is 1. The van der Waals surface area contributed by atoms with Crippen molar-refractivity contribution in [2.24, 2.45) is 0 Å². The van der Waals surface area contributed by atoms with Crippen molar-refractivity contribution in [2.45, 2.75) is 11.9 Å². The van der Waals surface area contributed by atoms with Crippen molar-refractivity contribution >= 4 is 22.7 Å². The highest BCUT2D eigenvalue weighted by molar-refractivity contribution is 7.99. The van der Waals surface area contributed by atoms with Gasteiger partial charge in [-0.2, -0.15) is 0 Å². The highest BCUT2D eigenvalue weighted by Crippen LogP contribution is 2.24. The number of aromatic nitrogens is 1. The van der Waals surface area contributed by atoms with Gasteiger partial charge < -0.3 is 4.74 Å². The Bertz CT molecular complexity index is 582. The van der Waals surface area contributed by atoms with E-state index in [2.05, 4.69) is 36.1 Å². The smallest absolute Gasteiger partial charge is 0.0997 e. The van der Waals surface area contributed by atoms with Crippen molar-refractivity contribution < 1.29 is 4.74 Å². The monoisotopic (exact) mass is 288 g/mol. The number of nitrogens with zero attached hydrogens (tertiary/aromatic N) is 2. The molecular formula is C16H20N2OS. The lowest BCUT2D eigenvalue weighted by atomic mass is 10.2. The van der Waals surface area contributed by atoms with E-state index in [1.165, 1.54) is 10.9 Å². The van der Waals surface area contributed by atoms with Crippen LogP contribution in [0.4, 0.5) is 0 Å². The van der Waals surface area contributed by atoms with Gasteiger partial charge >= 0.3 is 0 Å². The lowest BCUT2D eigenvalue weighted by Gasteiger charge is -2.26. The van der Waals surface area contributed by atoms with Gasteiger partial charge in [-0.1, -0.05) is 18.2 Å². The predicted molar refractivity (Wildman–Crippen MR) is 84.5 cm³/mol. The fraction of sp³-hybridized carbons (Fsp3) is 0.438. The number of pyridine rings is 1. The Balaban J connectivity index is 1.63. The van der Waals surface area contributed by atoms with Gasteiger partial charge in [-0.15, -0.1) is 11.8 Å². The first-order chi connectivity index (χ1) is 9.83. The van der Waals surface area contributed by atoms with Crippen LogP contribution in [-0.4, -0.2) is 48.5 Å². The molecule has 2 aromatic rings. The predicted octanol–water partition coefficient (Wildman–Crippen LogP) is 2.97. The van der Waals surface area contributed by atoms with Crippen LogP contribution in [-0.2, 0) is 4.74 Å². The third-order valence-corrected chi connectivity index (χ3v) is 4.69. The Morgan fingerprint density at radius 2 is 2.05 bits per heavy atom. The third kappa shape index (κ3) is 3.32. The van der Waals surface area contributed by atoms with E-state index in [0.717, 1.165) is 49.1 Å². The summed E-state index contributed by atoms with van der Waals surface area (Å²) >= 11 is 1.86. The molecule has 20 heavy (non-hydrogen) atoms. The number of hydrogen-bond donors (Lipinski definition) is 0. The van der Waals surface area contributed by atoms with Gasteiger partial charge in [0, 0.05) is 30.8 Å². The molecule has 2 heterocycles. The molecule has 0 aliphatic carbocycles. The maximum absolute atomic E-state index is 5.37. The number of hydrogen-bond acceptors (Lipinski definition) is 4. The highest BCUT2D eigenvalue weighted by Gasteiger charge is 2.10. The molecule has 1 aromatic heterocycles. The highest BCUT2D eigenvalue weighted by atomic mass is 32.2. The number of fused-ring (bicyclic) bond motifs is 1. The average molecular weight is 288 g/mol. The van der Waals surface area contributed by atoms with E-state index in [9.17, 15) is 0 Å². The molecule has 0 unspecified atom stereocenters. The normalized spacial score (nSPS) is 16.6. The van der Waals surface area contributed by atoms with Gasteiger partial charge in [-0.25, -0.2) is 4.98 Å². The summed E-state index contributed by atoms with van der Waals surface area (Å²) in [6.45, 7) is 7.13. The van der Waals surface area contributed by atoms with Gasteiger partial charge in [0.05, 0.1) is 23.8 Å². The van der Waals surface area contributed by atoms with E-state index < -0.39 is 0 Å². The van der Waals surface area contributed by atoms with Crippen LogP contribution in [0.3, 0.4) is 0 Å². The minimum Gasteiger partial charge on any atom is -0.379 e. The van der Waals surface area contributed by atoms with Crippen LogP contribution >= 0.6 is 11.8 Å². The standard InChI is InChI=1S/C16H20N2OS/c1-13-12-14-4-2-3-5-15(14)17-16(13)20-11-8-18-6-9-19-10-7-18/h2-5,12H,6-11H2,1H3. The maximum atomic E-state index is 5.37. The van der Waals surface area contributed by atoms with Crippen LogP contribution in [0.25, 0.3) is 10.9 Å². The fourth-order valence-electron chi connectivity index (χ4n) is 2.45. The molecular weight excluding hydrogens is 268 g/mol. The molecule has 0 atom stereocenters. The molecule has 3 rings (SSSR count). The van der Waals surface area contributed by atoms with E-state index in [1.54, 1.807) is 0 Å². The molecule has 3 nitrogen and oxygen atoms in total. The van der Waals surface area contributed by atoms with E-state index in [0.29, 0.717) is 0 Å². The van der Waals surface area contributed by atoms with Gasteiger partial charge in [-0.05, 0) is 24.6 Å². The minimum atomic E-state index is 0.873. The van der Waals surface area contributed by atoms with Crippen LogP contribution in [0.2, 0.25) is 0 Å². The molecule has 4 heteroatoms. The molecule has 0 amide bonds. The zero-order valence-corrected chi connectivity index (χ0v) is 12.7. The summed E-state index contributed by atoms with van der Waals surface area (Å²) in [6, 6.07) is 10.6. The SMILES string of the molecule is Cc1cc2ccccc2nc1SCCN1CCOCC1. The Kier molecular flexibility index (Phi) is 4.55. The molecule has 0 saturated carbocycles. The lowest BCUT2D eigenvalue weighted by molar-refractivity contribution is 0.0410. The van der Waals surface area contributed by atoms with Crippen LogP contribution in [0.1, 0.15) is 5.56 Å². The average Bonchev–Trinajstić information content (AvgIpc) is 2.49. The van der Waals surface area contributed by atoms with Crippen molar-refractivity contribution in [1.82, 2.24) is 9.88 Å². The van der Waals surface area contributed by atoms with Crippen molar-refractivity contribution in [1.29, 1.82) is 0 Å². The Morgan fingerprint density at radius 1 is 1.25 bits per heavy atom. The number of aryl methyl sites for hydroxylation is 1. The molecule has 1 fully saturated rings. The molecule has 1 aromatic carbocycles. The first-order valence-corrected chi connectivity index (χ1v) is 8.11. The Morgan fingerprint density at radius 3 is 2.90 bits per heavy atom. The number of thioether (sulfide) groups is 1. The molecule has 1 aliphatic heterocycles. The van der Waals surface area contributed by atoms with Crippen LogP contribution in [0.15, 0.2) is 35.4 Å². The van der Waals surface area contributed by atoms with Crippen molar-refractivity contribution in [3.8, 4) is 0 Å². The third-order valence-electron chi connectivity index (χ3n) is 3.62. The number of morpholine rings is 1. The zero-order chi connectivity index (χ0) is 13.8. The maximum Gasteiger partial charge on any atom is 0.0997 e.